The first kappa shape index (κ1) is 30.9. The number of fused-ring (bicyclic) bond motifs is 3. The number of aromatic nitrogens is 5. The lowest BCUT2D eigenvalue weighted by Crippen LogP contribution is -2.43. The summed E-state index contributed by atoms with van der Waals surface area (Å²) in [5, 5.41) is 13.7. The number of carbonyl (C=O) groups excluding carboxylic acids is 1. The van der Waals surface area contributed by atoms with E-state index in [2.05, 4.69) is 40.7 Å². The van der Waals surface area contributed by atoms with E-state index in [1.54, 1.807) is 24.4 Å². The minimum atomic E-state index is -0.776. The lowest BCUT2D eigenvalue weighted by Gasteiger charge is -2.31. The highest BCUT2D eigenvalue weighted by Crippen LogP contribution is 2.40. The molecule has 0 saturated carbocycles. The zero-order valence-electron chi connectivity index (χ0n) is 25.0. The summed E-state index contributed by atoms with van der Waals surface area (Å²) < 4.78 is 27.6. The van der Waals surface area contributed by atoms with Crippen LogP contribution in [-0.2, 0) is 4.74 Å². The first-order chi connectivity index (χ1) is 21.9. The van der Waals surface area contributed by atoms with Gasteiger partial charge in [0.15, 0.2) is 5.82 Å². The fraction of sp³-hybridized carbons (Fsp3) is 0.452. The van der Waals surface area contributed by atoms with Crippen molar-refractivity contribution < 1.29 is 18.7 Å². The van der Waals surface area contributed by atoms with E-state index in [0.29, 0.717) is 53.2 Å². The number of amides is 1. The third kappa shape index (κ3) is 6.37. The molecular weight excluding hydrogens is 603 g/mol. The maximum Gasteiger partial charge on any atom is 0.407 e. The molecule has 12 nitrogen and oxygen atoms in total. The monoisotopic (exact) mass is 638 g/mol. The Morgan fingerprint density at radius 3 is 2.84 bits per heavy atom. The molecule has 0 aliphatic carbocycles. The smallest absolute Gasteiger partial charge is 0.407 e. The number of halogens is 2. The second-order valence-electron chi connectivity index (χ2n) is 11.3. The molecule has 0 radical (unpaired) electrons. The van der Waals surface area contributed by atoms with Gasteiger partial charge in [-0.25, -0.2) is 9.18 Å². The number of benzene rings is 1. The van der Waals surface area contributed by atoms with Crippen molar-refractivity contribution in [1.82, 2.24) is 40.7 Å². The summed E-state index contributed by atoms with van der Waals surface area (Å²) in [6.45, 7) is 6.51. The number of rotatable bonds is 12. The maximum atomic E-state index is 16.4. The van der Waals surface area contributed by atoms with Gasteiger partial charge in [-0.15, -0.1) is 0 Å². The van der Waals surface area contributed by atoms with Gasteiger partial charge in [-0.3, -0.25) is 24.8 Å². The number of carbonyl (C=O) groups is 1. The van der Waals surface area contributed by atoms with Gasteiger partial charge in [-0.1, -0.05) is 30.7 Å². The summed E-state index contributed by atoms with van der Waals surface area (Å²) >= 11 is 6.68. The van der Waals surface area contributed by atoms with E-state index in [0.717, 1.165) is 45.3 Å². The van der Waals surface area contributed by atoms with E-state index in [-0.39, 0.29) is 34.8 Å². The van der Waals surface area contributed by atoms with E-state index in [1.165, 1.54) is 6.20 Å². The van der Waals surface area contributed by atoms with Crippen LogP contribution in [0.15, 0.2) is 29.3 Å². The van der Waals surface area contributed by atoms with Crippen LogP contribution in [0.1, 0.15) is 44.6 Å². The molecule has 5 heterocycles. The largest absolute Gasteiger partial charge is 0.463 e. The second kappa shape index (κ2) is 13.5. The molecule has 45 heavy (non-hydrogen) atoms. The Labute approximate surface area is 263 Å². The molecule has 238 valence electrons. The molecule has 3 aromatic heterocycles. The predicted molar refractivity (Wildman–Crippen MR) is 170 cm³/mol. The number of likely N-dealkylation sites (N-methyl/N-ethyl adjacent to an activating group) is 1. The van der Waals surface area contributed by atoms with Crippen molar-refractivity contribution >= 4 is 45.6 Å². The fourth-order valence-electron chi connectivity index (χ4n) is 6.35. The Balaban J connectivity index is 1.27. The van der Waals surface area contributed by atoms with Crippen LogP contribution in [0, 0.1) is 5.82 Å². The fourth-order valence-corrected chi connectivity index (χ4v) is 6.61. The van der Waals surface area contributed by atoms with Gasteiger partial charge in [0.2, 0.25) is 0 Å². The van der Waals surface area contributed by atoms with E-state index >= 15 is 4.39 Å². The zero-order chi connectivity index (χ0) is 31.4. The van der Waals surface area contributed by atoms with Gasteiger partial charge in [0.1, 0.15) is 17.8 Å². The summed E-state index contributed by atoms with van der Waals surface area (Å²) in [6.07, 6.45) is 10.5. The van der Waals surface area contributed by atoms with Crippen molar-refractivity contribution in [2.75, 3.05) is 45.9 Å². The molecule has 0 atom stereocenters. The number of nitrogens with zero attached hydrogens (tertiary/aromatic N) is 4. The minimum Gasteiger partial charge on any atom is -0.463 e. The van der Waals surface area contributed by atoms with E-state index in [9.17, 15) is 9.59 Å². The molecule has 2 aliphatic heterocycles. The highest BCUT2D eigenvalue weighted by Gasteiger charge is 2.45. The van der Waals surface area contributed by atoms with Crippen LogP contribution < -0.4 is 20.9 Å². The molecule has 1 amide bonds. The number of pyridine rings is 1. The summed E-state index contributed by atoms with van der Waals surface area (Å²) in [5.74, 6) is -0.776. The van der Waals surface area contributed by atoms with Gasteiger partial charge in [0, 0.05) is 35.8 Å². The number of ether oxygens (including phenoxy) is 2. The van der Waals surface area contributed by atoms with Crippen molar-refractivity contribution in [3.8, 4) is 17.3 Å². The van der Waals surface area contributed by atoms with E-state index in [4.69, 9.17) is 21.1 Å². The normalized spacial score (nSPS) is 16.2. The predicted octanol–water partition coefficient (Wildman–Crippen LogP) is 4.40. The first-order valence-corrected chi connectivity index (χ1v) is 15.7. The summed E-state index contributed by atoms with van der Waals surface area (Å²) in [5.41, 5.74) is 0.690. The van der Waals surface area contributed by atoms with Gasteiger partial charge in [-0.2, -0.15) is 10.1 Å². The Morgan fingerprint density at radius 1 is 1.22 bits per heavy atom. The molecule has 0 unspecified atom stereocenters. The van der Waals surface area contributed by atoms with Crippen molar-refractivity contribution in [1.29, 1.82) is 0 Å². The van der Waals surface area contributed by atoms with Crippen LogP contribution in [0.25, 0.3) is 39.1 Å². The van der Waals surface area contributed by atoms with E-state index in [1.807, 2.05) is 6.92 Å². The molecule has 2 saturated heterocycles. The summed E-state index contributed by atoms with van der Waals surface area (Å²) in [7, 11) is 0. The molecule has 0 bridgehead atoms. The molecule has 2 aliphatic rings. The van der Waals surface area contributed by atoms with Crippen LogP contribution in [0.4, 0.5) is 9.18 Å². The highest BCUT2D eigenvalue weighted by molar-refractivity contribution is 6.33. The Bertz CT molecular complexity index is 1780. The Kier molecular flexibility index (Phi) is 9.29. The first-order valence-electron chi connectivity index (χ1n) is 15.3. The Hall–Kier alpha value is -4.07. The highest BCUT2D eigenvalue weighted by atomic mass is 35.5. The standard InChI is InChI=1S/C31H36ClFN8O4/c1-2-34-10-11-35-30(43)44-14-4-3-7-19-22(32)15-23-20(17-37-40-23)24(19)27-25(33)26-21(16-36-27)28(42)39-29(38-26)45-18-31-8-5-12-41(31)13-6-9-31/h3,7,15-17,34H,2,4-6,8-14,18H2,1H3,(H,35,43)(H,37,40)(H,38,39,42)/b7-3-. The van der Waals surface area contributed by atoms with Gasteiger partial charge >= 0.3 is 6.09 Å². The van der Waals surface area contributed by atoms with Crippen LogP contribution >= 0.6 is 11.6 Å². The lowest BCUT2D eigenvalue weighted by atomic mass is 9.95. The maximum absolute atomic E-state index is 16.4. The molecule has 0 spiro atoms. The number of alkyl carbamates (subject to hydrolysis) is 1. The molecule has 4 aromatic rings. The average molecular weight is 639 g/mol. The number of H-pyrrole nitrogens is 2. The number of hydrogen-bond acceptors (Lipinski definition) is 9. The van der Waals surface area contributed by atoms with Gasteiger partial charge in [-0.05, 0) is 57.8 Å². The topological polar surface area (TPSA) is 150 Å². The van der Waals surface area contributed by atoms with Gasteiger partial charge in [0.25, 0.3) is 11.6 Å². The average Bonchev–Trinajstić information content (AvgIpc) is 3.75. The van der Waals surface area contributed by atoms with Crippen molar-refractivity contribution in [2.24, 2.45) is 0 Å². The summed E-state index contributed by atoms with van der Waals surface area (Å²) in [4.78, 5) is 38.7. The molecule has 6 rings (SSSR count). The third-order valence-corrected chi connectivity index (χ3v) is 8.87. The van der Waals surface area contributed by atoms with Crippen LogP contribution in [0.2, 0.25) is 5.02 Å². The molecule has 2 fully saturated rings. The van der Waals surface area contributed by atoms with Crippen LogP contribution in [0.5, 0.6) is 6.01 Å². The Morgan fingerprint density at radius 2 is 2.04 bits per heavy atom. The summed E-state index contributed by atoms with van der Waals surface area (Å²) in [6, 6.07) is 1.67. The molecular formula is C31H36ClFN8O4. The van der Waals surface area contributed by atoms with Crippen LogP contribution in [0.3, 0.4) is 0 Å². The van der Waals surface area contributed by atoms with Crippen molar-refractivity contribution in [3.05, 3.63) is 51.3 Å². The zero-order valence-corrected chi connectivity index (χ0v) is 25.8. The third-order valence-electron chi connectivity index (χ3n) is 8.56. The van der Waals surface area contributed by atoms with E-state index < -0.39 is 17.5 Å². The van der Waals surface area contributed by atoms with Crippen LogP contribution in [-0.4, -0.2) is 87.6 Å². The van der Waals surface area contributed by atoms with Gasteiger partial charge in [0.05, 0.1) is 34.3 Å². The molecule has 4 N–H and O–H groups in total. The minimum absolute atomic E-state index is 0.00795. The quantitative estimate of drug-likeness (QED) is 0.166. The SMILES string of the molecule is CCNCCNC(=O)OCC/C=C\c1c(Cl)cc2[nH]ncc2c1-c1ncc2c(=O)[nH]c(OCC34CCCN3CCC4)nc2c1F. The number of nitrogens with one attached hydrogen (secondary N) is 4. The van der Waals surface area contributed by atoms with Crippen molar-refractivity contribution in [2.45, 2.75) is 44.6 Å². The van der Waals surface area contributed by atoms with Gasteiger partial charge < -0.3 is 20.1 Å². The lowest BCUT2D eigenvalue weighted by molar-refractivity contribution is 0.107. The molecule has 1 aromatic carbocycles. The number of hydrogen-bond donors (Lipinski definition) is 4. The second-order valence-corrected chi connectivity index (χ2v) is 11.8. The van der Waals surface area contributed by atoms with Crippen molar-refractivity contribution in [3.63, 3.8) is 0 Å². The number of aromatic amines is 2. The molecule has 14 heteroatoms.